The van der Waals surface area contributed by atoms with Crippen molar-refractivity contribution in [2.45, 2.75) is 71.4 Å². The van der Waals surface area contributed by atoms with E-state index in [0.717, 1.165) is 6.07 Å². The topological polar surface area (TPSA) is 160 Å². The Kier molecular flexibility index (Phi) is 12.5. The molecule has 4 amide bonds. The molecular weight excluding hydrogens is 511 g/mol. The van der Waals surface area contributed by atoms with Crippen molar-refractivity contribution < 1.29 is 37.9 Å². The van der Waals surface area contributed by atoms with E-state index in [1.165, 1.54) is 18.2 Å². The van der Waals surface area contributed by atoms with E-state index in [1.54, 1.807) is 6.92 Å². The molecule has 11 nitrogen and oxygen atoms in total. The molecule has 0 spiro atoms. The summed E-state index contributed by atoms with van der Waals surface area (Å²) in [5.74, 6) is -5.72. The number of ether oxygens (including phenoxy) is 1. The van der Waals surface area contributed by atoms with Crippen molar-refractivity contribution in [2.24, 2.45) is 11.8 Å². The van der Waals surface area contributed by atoms with Gasteiger partial charge in [0.1, 0.15) is 11.9 Å². The molecule has 4 N–H and O–H groups in total. The molecule has 0 aromatic heterocycles. The van der Waals surface area contributed by atoms with Crippen molar-refractivity contribution in [1.29, 1.82) is 0 Å². The van der Waals surface area contributed by atoms with Crippen molar-refractivity contribution >= 4 is 41.1 Å². The summed E-state index contributed by atoms with van der Waals surface area (Å²) in [5, 5.41) is 9.78. The summed E-state index contributed by atoms with van der Waals surface area (Å²) in [4.78, 5) is 75.2. The number of halogens is 1. The second kappa shape index (κ2) is 15.6. The lowest BCUT2D eigenvalue weighted by Crippen LogP contribution is -2.54. The number of hydrogen-bond acceptors (Lipinski definition) is 7. The molecule has 1 aromatic carbocycles. The highest BCUT2D eigenvalue weighted by Gasteiger charge is 2.33. The number of para-hydroxylation sites is 1. The number of amides is 4. The Bertz CT molecular complexity index is 1060. The first-order valence-electron chi connectivity index (χ1n) is 13.1. The maximum Gasteiger partial charge on any atom is 0.313 e. The van der Waals surface area contributed by atoms with Gasteiger partial charge in [0.25, 0.3) is 0 Å². The Morgan fingerprint density at radius 1 is 1.08 bits per heavy atom. The minimum Gasteiger partial charge on any atom is -0.458 e. The van der Waals surface area contributed by atoms with Crippen molar-refractivity contribution in [3.05, 3.63) is 30.1 Å². The lowest BCUT2D eigenvalue weighted by Gasteiger charge is -2.27. The van der Waals surface area contributed by atoms with E-state index in [-0.39, 0.29) is 36.8 Å². The fourth-order valence-corrected chi connectivity index (χ4v) is 4.06. The van der Waals surface area contributed by atoms with E-state index in [2.05, 4.69) is 21.3 Å². The van der Waals surface area contributed by atoms with E-state index in [4.69, 9.17) is 4.74 Å². The zero-order valence-corrected chi connectivity index (χ0v) is 22.5. The summed E-state index contributed by atoms with van der Waals surface area (Å²) < 4.78 is 18.9. The molecule has 1 heterocycles. The normalized spacial score (nSPS) is 16.4. The van der Waals surface area contributed by atoms with Crippen LogP contribution in [0.5, 0.6) is 0 Å². The average molecular weight is 549 g/mol. The van der Waals surface area contributed by atoms with Gasteiger partial charge in [-0.2, -0.15) is 0 Å². The molecule has 1 aliphatic heterocycles. The Labute approximate surface area is 227 Å². The number of anilines is 1. The van der Waals surface area contributed by atoms with Gasteiger partial charge in [-0.25, -0.2) is 4.39 Å². The Balaban J connectivity index is 2.10. The van der Waals surface area contributed by atoms with Crippen LogP contribution in [0.1, 0.15) is 59.3 Å². The van der Waals surface area contributed by atoms with Gasteiger partial charge in [0, 0.05) is 18.9 Å². The first-order valence-corrected chi connectivity index (χ1v) is 13.1. The van der Waals surface area contributed by atoms with Crippen LogP contribution in [0, 0.1) is 17.7 Å². The van der Waals surface area contributed by atoms with Crippen LogP contribution >= 0.6 is 0 Å². The second-order valence-electron chi connectivity index (χ2n) is 9.90. The smallest absolute Gasteiger partial charge is 0.313 e. The molecule has 0 radical (unpaired) electrons. The maximum atomic E-state index is 13.8. The van der Waals surface area contributed by atoms with Crippen molar-refractivity contribution in [1.82, 2.24) is 16.0 Å². The molecule has 2 rings (SSSR count). The van der Waals surface area contributed by atoms with Crippen LogP contribution < -0.4 is 21.3 Å². The number of hydrogen-bond donors (Lipinski definition) is 4. The molecule has 1 saturated heterocycles. The van der Waals surface area contributed by atoms with Crippen LogP contribution in [0.4, 0.5) is 10.1 Å². The number of piperidine rings is 1. The van der Waals surface area contributed by atoms with E-state index in [9.17, 15) is 33.2 Å². The van der Waals surface area contributed by atoms with E-state index >= 15 is 0 Å². The summed E-state index contributed by atoms with van der Waals surface area (Å²) in [6.45, 7) is 5.35. The number of nitrogens with one attached hydrogen (secondary N) is 4. The third-order valence-electron chi connectivity index (χ3n) is 6.10. The fraction of sp³-hybridized carbons (Fsp3) is 0.556. The zero-order valence-electron chi connectivity index (χ0n) is 22.5. The van der Waals surface area contributed by atoms with Crippen molar-refractivity contribution in [2.75, 3.05) is 18.5 Å². The minimum absolute atomic E-state index is 0.0152. The highest BCUT2D eigenvalue weighted by Crippen LogP contribution is 2.19. The number of ketones is 1. The Hall–Kier alpha value is -3.83. The standard InChI is InChI=1S/C27H37FN4O7/c1-4-8-20(31-27(38)26(37)30-19-11-6-5-10-18(19)28)25(36)32-21(14-17-9-7-12-29-24(17)35)22(33)15-39-23(34)13-16(2)3/h5-6,10-11,16-17,20-21H,4,7-9,12-15H2,1-3H3,(H,29,35)(H,30,37)(H,31,38)(H,32,36)/t17-,20-,21-/m0/s1. The molecule has 214 valence electrons. The molecule has 0 unspecified atom stereocenters. The first-order chi connectivity index (χ1) is 18.5. The number of carbonyl (C=O) groups is 6. The molecule has 0 aliphatic carbocycles. The summed E-state index contributed by atoms with van der Waals surface area (Å²) >= 11 is 0. The third kappa shape index (κ3) is 10.5. The number of Topliss-reactive ketones (excluding diaryl/α,β-unsaturated/α-hetero) is 1. The monoisotopic (exact) mass is 548 g/mol. The van der Waals surface area contributed by atoms with Gasteiger partial charge in [0.2, 0.25) is 11.8 Å². The van der Waals surface area contributed by atoms with Crippen LogP contribution in [0.25, 0.3) is 0 Å². The molecule has 0 saturated carbocycles. The minimum atomic E-state index is -1.19. The summed E-state index contributed by atoms with van der Waals surface area (Å²) in [6.07, 6.45) is 1.92. The molecule has 1 fully saturated rings. The molecule has 0 bridgehead atoms. The van der Waals surface area contributed by atoms with Crippen molar-refractivity contribution in [3.8, 4) is 0 Å². The number of esters is 1. The van der Waals surface area contributed by atoms with Gasteiger partial charge in [0.15, 0.2) is 12.4 Å². The SMILES string of the molecule is CCC[C@H](NC(=O)C(=O)Nc1ccccc1F)C(=O)N[C@@H](C[C@@H]1CCCNC1=O)C(=O)COC(=O)CC(C)C. The van der Waals surface area contributed by atoms with Gasteiger partial charge in [-0.05, 0) is 43.7 Å². The summed E-state index contributed by atoms with van der Waals surface area (Å²) in [5.41, 5.74) is -0.197. The van der Waals surface area contributed by atoms with Crippen LogP contribution in [-0.4, -0.2) is 60.6 Å². The van der Waals surface area contributed by atoms with E-state index < -0.39 is 59.9 Å². The predicted octanol–water partition coefficient (Wildman–Crippen LogP) is 1.61. The molecule has 12 heteroatoms. The maximum absolute atomic E-state index is 13.8. The molecular formula is C27H37FN4O7. The van der Waals surface area contributed by atoms with Crippen molar-refractivity contribution in [3.63, 3.8) is 0 Å². The van der Waals surface area contributed by atoms with Gasteiger partial charge in [-0.15, -0.1) is 0 Å². The first kappa shape index (κ1) is 31.4. The lowest BCUT2D eigenvalue weighted by atomic mass is 9.90. The average Bonchev–Trinajstić information content (AvgIpc) is 2.88. The number of rotatable bonds is 13. The summed E-state index contributed by atoms with van der Waals surface area (Å²) in [6, 6.07) is 2.95. The zero-order chi connectivity index (χ0) is 28.9. The quantitative estimate of drug-likeness (QED) is 0.215. The molecule has 39 heavy (non-hydrogen) atoms. The number of carbonyl (C=O) groups excluding carboxylic acids is 6. The Morgan fingerprint density at radius 3 is 2.44 bits per heavy atom. The van der Waals surface area contributed by atoms with Gasteiger partial charge in [-0.3, -0.25) is 28.8 Å². The number of benzene rings is 1. The van der Waals surface area contributed by atoms with E-state index in [0.29, 0.717) is 25.8 Å². The van der Waals surface area contributed by atoms with Crippen LogP contribution in [0.3, 0.4) is 0 Å². The van der Waals surface area contributed by atoms with Gasteiger partial charge >= 0.3 is 17.8 Å². The van der Waals surface area contributed by atoms with Gasteiger partial charge in [0.05, 0.1) is 11.7 Å². The summed E-state index contributed by atoms with van der Waals surface area (Å²) in [7, 11) is 0. The van der Waals surface area contributed by atoms with Gasteiger partial charge in [-0.1, -0.05) is 39.3 Å². The fourth-order valence-electron chi connectivity index (χ4n) is 4.06. The molecule has 1 aromatic rings. The van der Waals surface area contributed by atoms with Gasteiger partial charge < -0.3 is 26.0 Å². The lowest BCUT2D eigenvalue weighted by molar-refractivity contribution is -0.149. The predicted molar refractivity (Wildman–Crippen MR) is 140 cm³/mol. The third-order valence-corrected chi connectivity index (χ3v) is 6.10. The van der Waals surface area contributed by atoms with E-state index in [1.807, 2.05) is 13.8 Å². The highest BCUT2D eigenvalue weighted by atomic mass is 19.1. The largest absolute Gasteiger partial charge is 0.458 e. The van der Waals surface area contributed by atoms with Crippen LogP contribution in [-0.2, 0) is 33.5 Å². The molecule has 3 atom stereocenters. The molecule has 1 aliphatic rings. The van der Waals surface area contributed by atoms with Crippen LogP contribution in [0.15, 0.2) is 24.3 Å². The Morgan fingerprint density at radius 2 is 1.79 bits per heavy atom. The highest BCUT2D eigenvalue weighted by molar-refractivity contribution is 6.40. The van der Waals surface area contributed by atoms with Crippen LogP contribution in [0.2, 0.25) is 0 Å². The second-order valence-corrected chi connectivity index (χ2v) is 9.90.